The molecule has 0 aromatic carbocycles. The van der Waals surface area contributed by atoms with Crippen LogP contribution in [-0.2, 0) is 9.59 Å². The topological polar surface area (TPSA) is 66.4 Å². The summed E-state index contributed by atoms with van der Waals surface area (Å²) >= 11 is 0. The highest BCUT2D eigenvalue weighted by molar-refractivity contribution is 5.94. The Hall–Kier alpha value is -1.20. The number of alkyl halides is 2. The zero-order valence-electron chi connectivity index (χ0n) is 5.75. The summed E-state index contributed by atoms with van der Waals surface area (Å²) in [7, 11) is 0. The Labute approximate surface area is 65.6 Å². The number of carbonyl (C=O) groups excluding carboxylic acids is 1. The van der Waals surface area contributed by atoms with Gasteiger partial charge in [-0.15, -0.1) is 0 Å². The number of carboxylic acid groups (broad SMARTS) is 1. The molecule has 0 bridgehead atoms. The second-order valence-corrected chi connectivity index (χ2v) is 3.00. The van der Waals surface area contributed by atoms with E-state index in [4.69, 9.17) is 5.11 Å². The number of aliphatic carboxylic acids is 1. The van der Waals surface area contributed by atoms with Gasteiger partial charge in [-0.3, -0.25) is 4.79 Å². The summed E-state index contributed by atoms with van der Waals surface area (Å²) in [4.78, 5) is 21.0. The zero-order chi connectivity index (χ0) is 9.09. The average Bonchev–Trinajstić information content (AvgIpc) is 2.37. The van der Waals surface area contributed by atoms with Gasteiger partial charge in [0, 0.05) is 0 Å². The highest BCUT2D eigenvalue weighted by Gasteiger charge is 2.79. The van der Waals surface area contributed by atoms with E-state index in [1.54, 1.807) is 0 Å². The molecular formula is C6H5F2NO3. The Morgan fingerprint density at radius 1 is 1.58 bits per heavy atom. The fourth-order valence-corrected chi connectivity index (χ4v) is 1.65. The van der Waals surface area contributed by atoms with E-state index < -0.39 is 35.7 Å². The summed E-state index contributed by atoms with van der Waals surface area (Å²) in [5.74, 6) is -8.09. The predicted molar refractivity (Wildman–Crippen MR) is 31.5 cm³/mol. The number of rotatable bonds is 1. The second-order valence-electron chi connectivity index (χ2n) is 3.00. The third-order valence-electron chi connectivity index (χ3n) is 2.31. The van der Waals surface area contributed by atoms with Gasteiger partial charge in [0.25, 0.3) is 5.92 Å². The van der Waals surface area contributed by atoms with E-state index in [0.717, 1.165) is 0 Å². The summed E-state index contributed by atoms with van der Waals surface area (Å²) in [6.07, 6.45) is 0. The van der Waals surface area contributed by atoms with Gasteiger partial charge in [-0.05, 0) is 0 Å². The summed E-state index contributed by atoms with van der Waals surface area (Å²) in [6, 6.07) is -1.41. The largest absolute Gasteiger partial charge is 0.480 e. The van der Waals surface area contributed by atoms with Crippen molar-refractivity contribution >= 4 is 11.9 Å². The van der Waals surface area contributed by atoms with Crippen LogP contribution in [0.5, 0.6) is 0 Å². The Kier molecular flexibility index (Phi) is 1.09. The van der Waals surface area contributed by atoms with Crippen LogP contribution in [-0.4, -0.2) is 28.9 Å². The van der Waals surface area contributed by atoms with Crippen LogP contribution in [0, 0.1) is 11.8 Å². The van der Waals surface area contributed by atoms with Crippen molar-refractivity contribution in [2.75, 3.05) is 0 Å². The first kappa shape index (κ1) is 7.45. The van der Waals surface area contributed by atoms with Crippen LogP contribution in [0.15, 0.2) is 0 Å². The first-order valence-electron chi connectivity index (χ1n) is 3.37. The van der Waals surface area contributed by atoms with Gasteiger partial charge in [0.2, 0.25) is 5.91 Å². The lowest BCUT2D eigenvalue weighted by Gasteiger charge is -2.09. The van der Waals surface area contributed by atoms with Crippen LogP contribution in [0.3, 0.4) is 0 Å². The van der Waals surface area contributed by atoms with Crippen LogP contribution < -0.4 is 5.32 Å². The normalized spacial score (nSPS) is 41.8. The number of fused-ring (bicyclic) bond motifs is 1. The van der Waals surface area contributed by atoms with Gasteiger partial charge >= 0.3 is 5.97 Å². The van der Waals surface area contributed by atoms with Gasteiger partial charge in [0.05, 0.1) is 5.92 Å². The lowest BCUT2D eigenvalue weighted by Crippen LogP contribution is -2.40. The van der Waals surface area contributed by atoms with Gasteiger partial charge in [0.1, 0.15) is 12.0 Å². The van der Waals surface area contributed by atoms with Crippen LogP contribution in [0.25, 0.3) is 0 Å². The first-order valence-corrected chi connectivity index (χ1v) is 3.37. The molecule has 1 amide bonds. The molecule has 2 N–H and O–H groups in total. The first-order chi connectivity index (χ1) is 5.46. The molecule has 0 unspecified atom stereocenters. The third kappa shape index (κ3) is 0.645. The number of amides is 1. The average molecular weight is 177 g/mol. The minimum atomic E-state index is -3.11. The number of halogens is 2. The Bertz CT molecular complexity index is 278. The van der Waals surface area contributed by atoms with Crippen molar-refractivity contribution in [3.63, 3.8) is 0 Å². The molecule has 3 atom stereocenters. The van der Waals surface area contributed by atoms with Crippen LogP contribution in [0.1, 0.15) is 0 Å². The summed E-state index contributed by atoms with van der Waals surface area (Å²) in [6.45, 7) is 0. The molecule has 1 aliphatic heterocycles. The third-order valence-corrected chi connectivity index (χ3v) is 2.31. The molecule has 4 nitrogen and oxygen atoms in total. The fourth-order valence-electron chi connectivity index (χ4n) is 1.65. The quantitative estimate of drug-likeness (QED) is 0.564. The minimum Gasteiger partial charge on any atom is -0.480 e. The molecule has 66 valence electrons. The molecule has 6 heteroatoms. The van der Waals surface area contributed by atoms with Crippen molar-refractivity contribution in [3.8, 4) is 0 Å². The number of carbonyl (C=O) groups is 2. The molecule has 1 saturated carbocycles. The maximum atomic E-state index is 12.6. The molecule has 0 radical (unpaired) electrons. The molecule has 0 aromatic heterocycles. The van der Waals surface area contributed by atoms with E-state index in [0.29, 0.717) is 0 Å². The molecule has 1 heterocycles. The SMILES string of the molecule is O=C1N[C@@H](C(=O)O)[C@H]2[C@@H]1C2(F)F. The highest BCUT2D eigenvalue weighted by atomic mass is 19.3. The molecular weight excluding hydrogens is 172 g/mol. The second kappa shape index (κ2) is 1.75. The Morgan fingerprint density at radius 3 is 2.42 bits per heavy atom. The van der Waals surface area contributed by atoms with E-state index in [1.165, 1.54) is 0 Å². The molecule has 2 aliphatic rings. The number of hydrogen-bond donors (Lipinski definition) is 2. The summed E-state index contributed by atoms with van der Waals surface area (Å²) in [5.41, 5.74) is 0. The fraction of sp³-hybridized carbons (Fsp3) is 0.667. The number of carboxylic acids is 1. The maximum Gasteiger partial charge on any atom is 0.326 e. The van der Waals surface area contributed by atoms with Crippen LogP contribution >= 0.6 is 0 Å². The monoisotopic (exact) mass is 177 g/mol. The zero-order valence-corrected chi connectivity index (χ0v) is 5.75. The minimum absolute atomic E-state index is 0.850. The molecule has 2 rings (SSSR count). The summed E-state index contributed by atoms with van der Waals surface area (Å²) < 4.78 is 25.2. The molecule has 0 spiro atoms. The Balaban J connectivity index is 2.25. The number of piperidine rings is 1. The van der Waals surface area contributed by atoms with Crippen molar-refractivity contribution in [1.82, 2.24) is 5.32 Å². The van der Waals surface area contributed by atoms with E-state index in [2.05, 4.69) is 0 Å². The van der Waals surface area contributed by atoms with Crippen molar-refractivity contribution in [2.24, 2.45) is 11.8 Å². The van der Waals surface area contributed by atoms with E-state index in [-0.39, 0.29) is 0 Å². The van der Waals surface area contributed by atoms with Crippen molar-refractivity contribution < 1.29 is 23.5 Å². The van der Waals surface area contributed by atoms with Gasteiger partial charge in [-0.1, -0.05) is 0 Å². The molecule has 2 fully saturated rings. The smallest absolute Gasteiger partial charge is 0.326 e. The van der Waals surface area contributed by atoms with Gasteiger partial charge < -0.3 is 10.4 Å². The molecule has 1 aliphatic carbocycles. The van der Waals surface area contributed by atoms with Crippen LogP contribution in [0.2, 0.25) is 0 Å². The lowest BCUT2D eigenvalue weighted by atomic mass is 10.2. The standard InChI is InChI=1S/C6H5F2NO3/c7-6(8)1-2(6)4(10)9-3(1)5(11)12/h1-3H,(H,9,10)(H,11,12)/t1-,2+,3-/m1/s1. The van der Waals surface area contributed by atoms with Crippen molar-refractivity contribution in [3.05, 3.63) is 0 Å². The van der Waals surface area contributed by atoms with E-state index >= 15 is 0 Å². The predicted octanol–water partition coefficient (Wildman–Crippen LogP) is -0.549. The summed E-state index contributed by atoms with van der Waals surface area (Å²) in [5, 5.41) is 10.4. The highest BCUT2D eigenvalue weighted by Crippen LogP contribution is 2.60. The molecule has 0 aromatic rings. The lowest BCUT2D eigenvalue weighted by molar-refractivity contribution is -0.142. The Morgan fingerprint density at radius 2 is 2.17 bits per heavy atom. The van der Waals surface area contributed by atoms with E-state index in [9.17, 15) is 18.4 Å². The van der Waals surface area contributed by atoms with Crippen molar-refractivity contribution in [2.45, 2.75) is 12.0 Å². The van der Waals surface area contributed by atoms with Crippen LogP contribution in [0.4, 0.5) is 8.78 Å². The van der Waals surface area contributed by atoms with Gasteiger partial charge in [0.15, 0.2) is 0 Å². The van der Waals surface area contributed by atoms with Gasteiger partial charge in [-0.2, -0.15) is 0 Å². The molecule has 1 saturated heterocycles. The number of hydrogen-bond acceptors (Lipinski definition) is 2. The number of nitrogens with one attached hydrogen (secondary N) is 1. The van der Waals surface area contributed by atoms with Crippen molar-refractivity contribution in [1.29, 1.82) is 0 Å². The maximum absolute atomic E-state index is 12.6. The van der Waals surface area contributed by atoms with Gasteiger partial charge in [-0.25, -0.2) is 13.6 Å². The molecule has 12 heavy (non-hydrogen) atoms. The van der Waals surface area contributed by atoms with E-state index in [1.807, 2.05) is 5.32 Å².